The molecule has 0 N–H and O–H groups in total. The van der Waals surface area contributed by atoms with Crippen molar-refractivity contribution < 1.29 is 14.0 Å². The molecule has 3 nitrogen and oxygen atoms in total. The van der Waals surface area contributed by atoms with Crippen molar-refractivity contribution >= 4 is 11.7 Å². The van der Waals surface area contributed by atoms with Crippen LogP contribution in [0.1, 0.15) is 45.0 Å². The first-order chi connectivity index (χ1) is 14.0. The minimum absolute atomic E-state index is 0.133. The summed E-state index contributed by atoms with van der Waals surface area (Å²) in [7, 11) is 0. The summed E-state index contributed by atoms with van der Waals surface area (Å²) in [6.45, 7) is 4.02. The summed E-state index contributed by atoms with van der Waals surface area (Å²) in [5.41, 5.74) is 5.41. The molecule has 29 heavy (non-hydrogen) atoms. The first-order valence-corrected chi connectivity index (χ1v) is 9.69. The SMILES string of the molecule is Cc1ccc(C(=O)O/N=C(/c2ccc(F)cc2)[C@H]2C[C@@H]2c2ccc(C)cc2)cc1. The van der Waals surface area contributed by atoms with E-state index in [9.17, 15) is 9.18 Å². The second kappa shape index (κ2) is 8.00. The molecule has 1 fully saturated rings. The summed E-state index contributed by atoms with van der Waals surface area (Å²) in [5.74, 6) is -0.362. The minimum Gasteiger partial charge on any atom is -0.313 e. The van der Waals surface area contributed by atoms with Crippen LogP contribution in [-0.4, -0.2) is 11.7 Å². The maximum absolute atomic E-state index is 13.4. The molecule has 3 aromatic carbocycles. The lowest BCUT2D eigenvalue weighted by atomic mass is 10.0. The third-order valence-corrected chi connectivity index (χ3v) is 5.30. The lowest BCUT2D eigenvalue weighted by Crippen LogP contribution is -2.09. The summed E-state index contributed by atoms with van der Waals surface area (Å²) in [5, 5.41) is 4.22. The normalized spacial score (nSPS) is 18.4. The van der Waals surface area contributed by atoms with Crippen LogP contribution in [0.4, 0.5) is 4.39 Å². The highest BCUT2D eigenvalue weighted by atomic mass is 19.1. The molecule has 0 amide bonds. The zero-order valence-corrected chi connectivity index (χ0v) is 16.4. The van der Waals surface area contributed by atoms with Crippen LogP contribution >= 0.6 is 0 Å². The number of carbonyl (C=O) groups excluding carboxylic acids is 1. The van der Waals surface area contributed by atoms with E-state index in [1.807, 2.05) is 19.1 Å². The molecule has 0 saturated heterocycles. The highest BCUT2D eigenvalue weighted by Gasteiger charge is 2.43. The van der Waals surface area contributed by atoms with Crippen molar-refractivity contribution in [2.75, 3.05) is 0 Å². The highest BCUT2D eigenvalue weighted by molar-refractivity contribution is 6.04. The second-order valence-corrected chi connectivity index (χ2v) is 7.59. The van der Waals surface area contributed by atoms with Crippen LogP contribution in [0.15, 0.2) is 78.0 Å². The van der Waals surface area contributed by atoms with Gasteiger partial charge in [0, 0.05) is 5.92 Å². The monoisotopic (exact) mass is 387 g/mol. The van der Waals surface area contributed by atoms with E-state index in [4.69, 9.17) is 4.84 Å². The van der Waals surface area contributed by atoms with Gasteiger partial charge in [-0.1, -0.05) is 64.8 Å². The Balaban J connectivity index is 1.58. The molecular formula is C25H22FNO2. The molecule has 0 bridgehead atoms. The average molecular weight is 387 g/mol. The van der Waals surface area contributed by atoms with Crippen molar-refractivity contribution in [3.8, 4) is 0 Å². The number of oxime groups is 1. The summed E-state index contributed by atoms with van der Waals surface area (Å²) in [6, 6.07) is 21.7. The molecule has 0 spiro atoms. The summed E-state index contributed by atoms with van der Waals surface area (Å²) in [6.07, 6.45) is 0.918. The van der Waals surface area contributed by atoms with Crippen molar-refractivity contribution in [2.24, 2.45) is 11.1 Å². The fraction of sp³-hybridized carbons (Fsp3) is 0.200. The average Bonchev–Trinajstić information content (AvgIpc) is 3.51. The Bertz CT molecular complexity index is 1040. The fourth-order valence-corrected chi connectivity index (χ4v) is 3.47. The van der Waals surface area contributed by atoms with Gasteiger partial charge in [0.1, 0.15) is 5.82 Å². The zero-order chi connectivity index (χ0) is 20.4. The van der Waals surface area contributed by atoms with Crippen molar-refractivity contribution in [3.05, 3.63) is 106 Å². The van der Waals surface area contributed by atoms with E-state index in [0.29, 0.717) is 17.2 Å². The molecule has 0 unspecified atom stereocenters. The number of hydrogen-bond donors (Lipinski definition) is 0. The van der Waals surface area contributed by atoms with Gasteiger partial charge in [-0.15, -0.1) is 0 Å². The van der Waals surface area contributed by atoms with Crippen molar-refractivity contribution in [2.45, 2.75) is 26.2 Å². The van der Waals surface area contributed by atoms with Gasteiger partial charge in [-0.25, -0.2) is 9.18 Å². The molecular weight excluding hydrogens is 365 g/mol. The first-order valence-electron chi connectivity index (χ1n) is 9.69. The standard InChI is InChI=1S/C25H22FNO2/c1-16-3-7-18(8-4-16)22-15-23(22)24(19-11-13-21(26)14-12-19)27-29-25(28)20-9-5-17(2)6-10-20/h3-14,22-23H,15H2,1-2H3/b27-24-/t22-,23+/m1/s1. The predicted octanol–water partition coefficient (Wildman–Crippen LogP) is 5.81. The van der Waals surface area contributed by atoms with E-state index < -0.39 is 5.97 Å². The van der Waals surface area contributed by atoms with Crippen molar-refractivity contribution in [3.63, 3.8) is 0 Å². The molecule has 4 rings (SSSR count). The van der Waals surface area contributed by atoms with E-state index in [0.717, 1.165) is 17.5 Å². The van der Waals surface area contributed by atoms with E-state index in [1.54, 1.807) is 24.3 Å². The van der Waals surface area contributed by atoms with Crippen LogP contribution in [-0.2, 0) is 4.84 Å². The predicted molar refractivity (Wildman–Crippen MR) is 112 cm³/mol. The van der Waals surface area contributed by atoms with Crippen LogP contribution in [0.2, 0.25) is 0 Å². The summed E-state index contributed by atoms with van der Waals surface area (Å²) < 4.78 is 13.4. The van der Waals surface area contributed by atoms with Crippen molar-refractivity contribution in [1.29, 1.82) is 0 Å². The van der Waals surface area contributed by atoms with Crippen LogP contribution in [0, 0.1) is 25.6 Å². The zero-order valence-electron chi connectivity index (χ0n) is 16.4. The van der Waals surface area contributed by atoms with E-state index in [2.05, 4.69) is 36.3 Å². The van der Waals surface area contributed by atoms with Gasteiger partial charge >= 0.3 is 5.97 Å². The lowest BCUT2D eigenvalue weighted by Gasteiger charge is -2.07. The maximum Gasteiger partial charge on any atom is 0.365 e. The van der Waals surface area contributed by atoms with Gasteiger partial charge in [0.15, 0.2) is 0 Å². The minimum atomic E-state index is -0.503. The molecule has 2 atom stereocenters. The molecule has 146 valence electrons. The molecule has 1 aliphatic carbocycles. The number of hydrogen-bond acceptors (Lipinski definition) is 3. The molecule has 4 heteroatoms. The van der Waals surface area contributed by atoms with Gasteiger partial charge in [-0.3, -0.25) is 0 Å². The Morgan fingerprint density at radius 1 is 0.862 bits per heavy atom. The van der Waals surface area contributed by atoms with Gasteiger partial charge in [0.2, 0.25) is 0 Å². The van der Waals surface area contributed by atoms with E-state index in [1.165, 1.54) is 23.3 Å². The van der Waals surface area contributed by atoms with Crippen molar-refractivity contribution in [1.82, 2.24) is 0 Å². The first kappa shape index (κ1) is 19.1. The molecule has 0 aliphatic heterocycles. The largest absolute Gasteiger partial charge is 0.365 e. The third-order valence-electron chi connectivity index (χ3n) is 5.30. The smallest absolute Gasteiger partial charge is 0.313 e. The lowest BCUT2D eigenvalue weighted by molar-refractivity contribution is 0.0515. The van der Waals surface area contributed by atoms with Crippen LogP contribution in [0.3, 0.4) is 0 Å². The highest BCUT2D eigenvalue weighted by Crippen LogP contribution is 2.49. The molecule has 0 aromatic heterocycles. The van der Waals surface area contributed by atoms with Crippen LogP contribution < -0.4 is 0 Å². The van der Waals surface area contributed by atoms with Gasteiger partial charge in [0.05, 0.1) is 11.3 Å². The topological polar surface area (TPSA) is 38.7 Å². The fourth-order valence-electron chi connectivity index (χ4n) is 3.47. The van der Waals surface area contributed by atoms with E-state index in [-0.39, 0.29) is 11.7 Å². The van der Waals surface area contributed by atoms with Gasteiger partial charge in [-0.2, -0.15) is 0 Å². The number of carbonyl (C=O) groups is 1. The van der Waals surface area contributed by atoms with Gasteiger partial charge < -0.3 is 4.84 Å². The Hall–Kier alpha value is -3.27. The Morgan fingerprint density at radius 3 is 2.03 bits per heavy atom. The number of benzene rings is 3. The van der Waals surface area contributed by atoms with Gasteiger partial charge in [0.25, 0.3) is 0 Å². The molecule has 0 heterocycles. The second-order valence-electron chi connectivity index (χ2n) is 7.59. The third kappa shape index (κ3) is 4.43. The number of rotatable bonds is 5. The maximum atomic E-state index is 13.4. The quantitative estimate of drug-likeness (QED) is 0.315. The Kier molecular flexibility index (Phi) is 5.26. The van der Waals surface area contributed by atoms with Crippen LogP contribution in [0.5, 0.6) is 0 Å². The number of halogens is 1. The number of nitrogens with zero attached hydrogens (tertiary/aromatic N) is 1. The Labute approximate surface area is 169 Å². The molecule has 1 aliphatic rings. The van der Waals surface area contributed by atoms with E-state index >= 15 is 0 Å². The van der Waals surface area contributed by atoms with Crippen LogP contribution in [0.25, 0.3) is 0 Å². The molecule has 0 radical (unpaired) electrons. The number of aryl methyl sites for hydroxylation is 2. The summed E-state index contributed by atoms with van der Waals surface area (Å²) in [4.78, 5) is 17.7. The Morgan fingerprint density at radius 2 is 1.41 bits per heavy atom. The van der Waals surface area contributed by atoms with Gasteiger partial charge in [-0.05, 0) is 61.6 Å². The summed E-state index contributed by atoms with van der Waals surface area (Å²) >= 11 is 0. The molecule has 1 saturated carbocycles. The molecule has 3 aromatic rings.